The molecule has 0 amide bonds. The van der Waals surface area contributed by atoms with Crippen LogP contribution in [0.3, 0.4) is 0 Å². The Morgan fingerprint density at radius 2 is 2.07 bits per heavy atom. The maximum atomic E-state index is 13.8. The minimum absolute atomic E-state index is 0. The first-order chi connectivity index (χ1) is 13.6. The van der Waals surface area contributed by atoms with Crippen molar-refractivity contribution in [2.75, 3.05) is 52.5 Å². The molecule has 2 aliphatic heterocycles. The largest absolute Gasteiger partial charge is 0.379 e. The monoisotopic (exact) mass is 520 g/mol. The van der Waals surface area contributed by atoms with E-state index in [1.807, 2.05) is 6.07 Å². The van der Waals surface area contributed by atoms with Gasteiger partial charge < -0.3 is 20.1 Å². The second-order valence-corrected chi connectivity index (χ2v) is 7.70. The van der Waals surface area contributed by atoms with Crippen molar-refractivity contribution in [3.63, 3.8) is 0 Å². The molecule has 0 aromatic heterocycles. The fraction of sp³-hybridized carbons (Fsp3) is 0.667. The molecule has 2 aliphatic rings. The van der Waals surface area contributed by atoms with E-state index in [0.717, 1.165) is 50.6 Å². The lowest BCUT2D eigenvalue weighted by atomic mass is 10.0. The van der Waals surface area contributed by atoms with E-state index in [4.69, 9.17) is 14.5 Å². The molecule has 0 bridgehead atoms. The van der Waals surface area contributed by atoms with Gasteiger partial charge in [0.25, 0.3) is 0 Å². The summed E-state index contributed by atoms with van der Waals surface area (Å²) in [6.07, 6.45) is 2.13. The van der Waals surface area contributed by atoms with Crippen LogP contribution in [-0.4, -0.2) is 69.0 Å². The van der Waals surface area contributed by atoms with Crippen LogP contribution in [-0.2, 0) is 9.47 Å². The second kappa shape index (κ2) is 12.0. The van der Waals surface area contributed by atoms with Gasteiger partial charge >= 0.3 is 0 Å². The number of benzene rings is 1. The summed E-state index contributed by atoms with van der Waals surface area (Å²) in [6, 6.07) is 6.93. The maximum Gasteiger partial charge on any atom is 0.191 e. The van der Waals surface area contributed by atoms with Crippen molar-refractivity contribution in [1.29, 1.82) is 0 Å². The van der Waals surface area contributed by atoms with Gasteiger partial charge in [-0.25, -0.2) is 4.39 Å². The highest BCUT2D eigenvalue weighted by Gasteiger charge is 2.29. The van der Waals surface area contributed by atoms with E-state index in [2.05, 4.69) is 29.4 Å². The van der Waals surface area contributed by atoms with Gasteiger partial charge in [0.2, 0.25) is 0 Å². The van der Waals surface area contributed by atoms with Crippen LogP contribution in [0.4, 0.5) is 4.39 Å². The molecule has 2 saturated heterocycles. The minimum Gasteiger partial charge on any atom is -0.379 e. The molecule has 2 atom stereocenters. The molecule has 164 valence electrons. The quantitative estimate of drug-likeness (QED) is 0.329. The summed E-state index contributed by atoms with van der Waals surface area (Å²) in [7, 11) is 0. The molecule has 1 aromatic carbocycles. The number of nitrogens with zero attached hydrogens (tertiary/aromatic N) is 2. The Balaban J connectivity index is 0.00000300. The van der Waals surface area contributed by atoms with E-state index in [-0.39, 0.29) is 41.4 Å². The Morgan fingerprint density at radius 3 is 2.72 bits per heavy atom. The standard InChI is InChI=1S/C21H33FN4O2.HI/c1-3-23-20(25-16-21(2)8-5-11-28-21)24-15-19(26-9-12-27-13-10-26)17-6-4-7-18(22)14-17;/h4,6-7,14,19H,3,5,8-13,15-16H2,1-2H3,(H2,23,24,25);1H. The molecular formula is C21H34FIN4O2. The van der Waals surface area contributed by atoms with Gasteiger partial charge in [0.15, 0.2) is 5.96 Å². The van der Waals surface area contributed by atoms with Gasteiger partial charge in [-0.2, -0.15) is 0 Å². The van der Waals surface area contributed by atoms with E-state index in [1.54, 1.807) is 12.1 Å². The molecule has 0 aliphatic carbocycles. The fourth-order valence-corrected chi connectivity index (χ4v) is 3.80. The van der Waals surface area contributed by atoms with Gasteiger partial charge in [0.05, 0.1) is 31.4 Å². The van der Waals surface area contributed by atoms with Crippen LogP contribution in [0.2, 0.25) is 0 Å². The Kier molecular flexibility index (Phi) is 10.1. The van der Waals surface area contributed by atoms with Crippen molar-refractivity contribution < 1.29 is 13.9 Å². The molecule has 2 fully saturated rings. The Labute approximate surface area is 190 Å². The van der Waals surface area contributed by atoms with Crippen LogP contribution in [0.1, 0.15) is 38.3 Å². The van der Waals surface area contributed by atoms with E-state index >= 15 is 0 Å². The zero-order valence-corrected chi connectivity index (χ0v) is 19.8. The molecule has 29 heavy (non-hydrogen) atoms. The zero-order valence-electron chi connectivity index (χ0n) is 17.5. The molecular weight excluding hydrogens is 486 g/mol. The lowest BCUT2D eigenvalue weighted by molar-refractivity contribution is 0.0168. The van der Waals surface area contributed by atoms with Gasteiger partial charge in [-0.15, -0.1) is 24.0 Å². The normalized spacial score (nSPS) is 24.0. The highest BCUT2D eigenvalue weighted by atomic mass is 127. The molecule has 0 spiro atoms. The maximum absolute atomic E-state index is 13.8. The lowest BCUT2D eigenvalue weighted by Gasteiger charge is -2.35. The van der Waals surface area contributed by atoms with E-state index in [9.17, 15) is 4.39 Å². The number of hydrogen-bond acceptors (Lipinski definition) is 4. The average molecular weight is 520 g/mol. The number of hydrogen-bond donors (Lipinski definition) is 2. The van der Waals surface area contributed by atoms with Crippen LogP contribution in [0.5, 0.6) is 0 Å². The van der Waals surface area contributed by atoms with Crippen molar-refractivity contribution in [1.82, 2.24) is 15.5 Å². The SMILES string of the molecule is CCNC(=NCC1(C)CCCO1)NCC(c1cccc(F)c1)N1CCOCC1.I. The summed E-state index contributed by atoms with van der Waals surface area (Å²) in [4.78, 5) is 7.09. The number of aliphatic imine (C=N–C) groups is 1. The Hall–Kier alpha value is -0.970. The first kappa shape index (κ1) is 24.3. The molecule has 6 nitrogen and oxygen atoms in total. The lowest BCUT2D eigenvalue weighted by Crippen LogP contribution is -2.46. The Bertz CT molecular complexity index is 649. The topological polar surface area (TPSA) is 58.1 Å². The molecule has 0 saturated carbocycles. The van der Waals surface area contributed by atoms with Crippen LogP contribution in [0.15, 0.2) is 29.3 Å². The number of guanidine groups is 1. The van der Waals surface area contributed by atoms with E-state index < -0.39 is 0 Å². The predicted octanol–water partition coefficient (Wildman–Crippen LogP) is 2.94. The smallest absolute Gasteiger partial charge is 0.191 e. The summed E-state index contributed by atoms with van der Waals surface area (Å²) in [6.45, 7) is 10.1. The van der Waals surface area contributed by atoms with Crippen molar-refractivity contribution >= 4 is 29.9 Å². The number of morpholine rings is 1. The summed E-state index contributed by atoms with van der Waals surface area (Å²) >= 11 is 0. The molecule has 3 rings (SSSR count). The molecule has 8 heteroatoms. The number of nitrogens with one attached hydrogen (secondary N) is 2. The number of rotatable bonds is 7. The van der Waals surface area contributed by atoms with Gasteiger partial charge in [0.1, 0.15) is 5.82 Å². The molecule has 2 heterocycles. The third-order valence-corrected chi connectivity index (χ3v) is 5.40. The Morgan fingerprint density at radius 1 is 1.28 bits per heavy atom. The second-order valence-electron chi connectivity index (χ2n) is 7.70. The highest BCUT2D eigenvalue weighted by Crippen LogP contribution is 2.25. The number of halogens is 2. The first-order valence-corrected chi connectivity index (χ1v) is 10.3. The third-order valence-electron chi connectivity index (χ3n) is 5.40. The minimum atomic E-state index is -0.206. The first-order valence-electron chi connectivity index (χ1n) is 10.3. The van der Waals surface area contributed by atoms with E-state index in [0.29, 0.717) is 26.3 Å². The number of ether oxygens (including phenoxy) is 2. The summed E-state index contributed by atoms with van der Waals surface area (Å²) in [5.41, 5.74) is 0.797. The predicted molar refractivity (Wildman–Crippen MR) is 125 cm³/mol. The molecule has 1 aromatic rings. The highest BCUT2D eigenvalue weighted by molar-refractivity contribution is 14.0. The van der Waals surface area contributed by atoms with Crippen molar-refractivity contribution in [3.05, 3.63) is 35.6 Å². The van der Waals surface area contributed by atoms with E-state index in [1.165, 1.54) is 6.07 Å². The summed E-state index contributed by atoms with van der Waals surface area (Å²) in [5, 5.41) is 6.77. The van der Waals surface area contributed by atoms with Crippen molar-refractivity contribution in [3.8, 4) is 0 Å². The van der Waals surface area contributed by atoms with Crippen LogP contribution >= 0.6 is 24.0 Å². The average Bonchev–Trinajstić information content (AvgIpc) is 3.14. The fourth-order valence-electron chi connectivity index (χ4n) is 3.80. The van der Waals surface area contributed by atoms with Crippen LogP contribution < -0.4 is 10.6 Å². The summed E-state index contributed by atoms with van der Waals surface area (Å²) in [5.74, 6) is 0.566. The van der Waals surface area contributed by atoms with Crippen molar-refractivity contribution in [2.24, 2.45) is 4.99 Å². The van der Waals surface area contributed by atoms with Crippen LogP contribution in [0.25, 0.3) is 0 Å². The van der Waals surface area contributed by atoms with Crippen molar-refractivity contribution in [2.45, 2.75) is 38.3 Å². The molecule has 0 radical (unpaired) electrons. The zero-order chi connectivity index (χ0) is 19.8. The van der Waals surface area contributed by atoms with Gasteiger partial charge in [0, 0.05) is 32.8 Å². The molecule has 2 unspecified atom stereocenters. The molecule has 2 N–H and O–H groups in total. The van der Waals surface area contributed by atoms with Gasteiger partial charge in [-0.3, -0.25) is 9.89 Å². The van der Waals surface area contributed by atoms with Gasteiger partial charge in [-0.1, -0.05) is 12.1 Å². The summed E-state index contributed by atoms with van der Waals surface area (Å²) < 4.78 is 25.2. The third kappa shape index (κ3) is 7.34. The van der Waals surface area contributed by atoms with Crippen LogP contribution in [0, 0.1) is 5.82 Å². The van der Waals surface area contributed by atoms with Gasteiger partial charge in [-0.05, 0) is 44.4 Å².